The number of nitrogens with one attached hydrogen (secondary N) is 1. The van der Waals surface area contributed by atoms with E-state index in [-0.39, 0.29) is 11.9 Å². The predicted octanol–water partition coefficient (Wildman–Crippen LogP) is 4.14. The SMILES string of the molecule is Cc1nn(-c2ccccc2)c2nc(C3CC3)cc(C(=O)N[C@H](C)c3cnn(C)c3C)c12. The Morgan fingerprint density at radius 1 is 1.19 bits per heavy atom. The van der Waals surface area contributed by atoms with Crippen LogP contribution in [0.1, 0.15) is 64.7 Å². The average molecular weight is 415 g/mol. The Kier molecular flexibility index (Phi) is 4.61. The van der Waals surface area contributed by atoms with E-state index < -0.39 is 0 Å². The third-order valence-corrected chi connectivity index (χ3v) is 6.16. The number of aryl methyl sites for hydroxylation is 2. The molecule has 1 N–H and O–H groups in total. The first-order chi connectivity index (χ1) is 14.9. The van der Waals surface area contributed by atoms with Gasteiger partial charge in [-0.05, 0) is 51.8 Å². The zero-order chi connectivity index (χ0) is 21.7. The molecule has 1 atom stereocenters. The molecule has 0 unspecified atom stereocenters. The van der Waals surface area contributed by atoms with Gasteiger partial charge in [-0.15, -0.1) is 0 Å². The molecule has 7 nitrogen and oxygen atoms in total. The molecule has 158 valence electrons. The number of hydrogen-bond acceptors (Lipinski definition) is 4. The van der Waals surface area contributed by atoms with Gasteiger partial charge in [0, 0.05) is 29.9 Å². The van der Waals surface area contributed by atoms with Gasteiger partial charge in [0.05, 0.1) is 34.6 Å². The molecule has 1 aliphatic rings. The fourth-order valence-electron chi connectivity index (χ4n) is 4.12. The molecular formula is C24H26N6O. The van der Waals surface area contributed by atoms with Crippen LogP contribution in [-0.4, -0.2) is 30.5 Å². The second-order valence-electron chi connectivity index (χ2n) is 8.40. The molecule has 4 aromatic rings. The van der Waals surface area contributed by atoms with Crippen LogP contribution in [0.3, 0.4) is 0 Å². The van der Waals surface area contributed by atoms with Crippen LogP contribution in [0, 0.1) is 13.8 Å². The van der Waals surface area contributed by atoms with Crippen molar-refractivity contribution in [2.75, 3.05) is 0 Å². The first kappa shape index (κ1) is 19.5. The highest BCUT2D eigenvalue weighted by Crippen LogP contribution is 2.40. The van der Waals surface area contributed by atoms with Crippen molar-refractivity contribution in [2.24, 2.45) is 7.05 Å². The van der Waals surface area contributed by atoms with Crippen molar-refractivity contribution >= 4 is 16.9 Å². The summed E-state index contributed by atoms with van der Waals surface area (Å²) in [6, 6.07) is 11.8. The molecule has 31 heavy (non-hydrogen) atoms. The number of para-hydroxylation sites is 1. The summed E-state index contributed by atoms with van der Waals surface area (Å²) < 4.78 is 3.67. The highest BCUT2D eigenvalue weighted by molar-refractivity contribution is 6.07. The van der Waals surface area contributed by atoms with Gasteiger partial charge in [-0.3, -0.25) is 9.48 Å². The lowest BCUT2D eigenvalue weighted by Crippen LogP contribution is -2.27. The smallest absolute Gasteiger partial charge is 0.252 e. The molecule has 0 spiro atoms. The molecule has 1 fully saturated rings. The van der Waals surface area contributed by atoms with Gasteiger partial charge in [0.15, 0.2) is 5.65 Å². The van der Waals surface area contributed by atoms with E-state index in [1.54, 1.807) is 0 Å². The summed E-state index contributed by atoms with van der Waals surface area (Å²) >= 11 is 0. The van der Waals surface area contributed by atoms with Crippen molar-refractivity contribution in [1.82, 2.24) is 29.9 Å². The first-order valence-corrected chi connectivity index (χ1v) is 10.7. The molecule has 1 saturated carbocycles. The van der Waals surface area contributed by atoms with E-state index in [0.29, 0.717) is 11.5 Å². The number of amides is 1. The third-order valence-electron chi connectivity index (χ3n) is 6.16. The Hall–Kier alpha value is -3.48. The summed E-state index contributed by atoms with van der Waals surface area (Å²) in [5.41, 5.74) is 6.14. The third kappa shape index (κ3) is 3.40. The van der Waals surface area contributed by atoms with Crippen molar-refractivity contribution in [3.05, 3.63) is 70.8 Å². The van der Waals surface area contributed by atoms with Crippen LogP contribution in [0.5, 0.6) is 0 Å². The predicted molar refractivity (Wildman–Crippen MR) is 119 cm³/mol. The molecule has 0 saturated heterocycles. The number of hydrogen-bond donors (Lipinski definition) is 1. The van der Waals surface area contributed by atoms with Crippen LogP contribution in [0.25, 0.3) is 16.7 Å². The summed E-state index contributed by atoms with van der Waals surface area (Å²) in [6.07, 6.45) is 4.04. The molecule has 0 radical (unpaired) electrons. The van der Waals surface area contributed by atoms with Crippen molar-refractivity contribution in [3.8, 4) is 5.69 Å². The Morgan fingerprint density at radius 2 is 1.94 bits per heavy atom. The lowest BCUT2D eigenvalue weighted by atomic mass is 10.1. The molecule has 5 rings (SSSR count). The van der Waals surface area contributed by atoms with Gasteiger partial charge in [-0.2, -0.15) is 10.2 Å². The summed E-state index contributed by atoms with van der Waals surface area (Å²) in [4.78, 5) is 18.4. The Labute approximate surface area is 181 Å². The maximum absolute atomic E-state index is 13.5. The van der Waals surface area contributed by atoms with E-state index in [9.17, 15) is 4.79 Å². The lowest BCUT2D eigenvalue weighted by molar-refractivity contribution is 0.0941. The topological polar surface area (TPSA) is 77.6 Å². The number of fused-ring (bicyclic) bond motifs is 1. The summed E-state index contributed by atoms with van der Waals surface area (Å²) in [7, 11) is 1.91. The maximum atomic E-state index is 13.5. The van der Waals surface area contributed by atoms with Gasteiger partial charge in [-0.1, -0.05) is 18.2 Å². The van der Waals surface area contributed by atoms with E-state index >= 15 is 0 Å². The van der Waals surface area contributed by atoms with E-state index in [1.165, 1.54) is 0 Å². The summed E-state index contributed by atoms with van der Waals surface area (Å²) in [6.45, 7) is 5.93. The van der Waals surface area contributed by atoms with Crippen LogP contribution in [0.15, 0.2) is 42.6 Å². The fourth-order valence-corrected chi connectivity index (χ4v) is 4.12. The van der Waals surface area contributed by atoms with Crippen LogP contribution < -0.4 is 5.32 Å². The van der Waals surface area contributed by atoms with Crippen molar-refractivity contribution < 1.29 is 4.79 Å². The van der Waals surface area contributed by atoms with E-state index in [4.69, 9.17) is 10.1 Å². The van der Waals surface area contributed by atoms with Gasteiger partial charge in [-0.25, -0.2) is 9.67 Å². The van der Waals surface area contributed by atoms with Crippen molar-refractivity contribution in [2.45, 2.75) is 45.6 Å². The maximum Gasteiger partial charge on any atom is 0.252 e. The van der Waals surface area contributed by atoms with Crippen molar-refractivity contribution in [1.29, 1.82) is 0 Å². The number of aromatic nitrogens is 5. The Bertz CT molecular complexity index is 1280. The highest BCUT2D eigenvalue weighted by atomic mass is 16.1. The van der Waals surface area contributed by atoms with Gasteiger partial charge >= 0.3 is 0 Å². The summed E-state index contributed by atoms with van der Waals surface area (Å²) in [5, 5.41) is 13.0. The van der Waals surface area contributed by atoms with Crippen LogP contribution in [0.4, 0.5) is 0 Å². The standard InChI is InChI=1S/C24H26N6O/c1-14(20-13-25-29(4)16(20)3)26-24(31)19-12-21(17-10-11-17)27-23-22(19)15(2)28-30(23)18-8-6-5-7-9-18/h5-9,12-14,17H,10-11H2,1-4H3,(H,26,31)/t14-/m1/s1. The Balaban J connectivity index is 1.60. The van der Waals surface area contributed by atoms with Gasteiger partial charge in [0.1, 0.15) is 0 Å². The second-order valence-corrected chi connectivity index (χ2v) is 8.40. The highest BCUT2D eigenvalue weighted by Gasteiger charge is 2.29. The molecule has 0 bridgehead atoms. The number of pyridine rings is 1. The van der Waals surface area contributed by atoms with E-state index in [1.807, 2.05) is 79.8 Å². The van der Waals surface area contributed by atoms with Gasteiger partial charge in [0.2, 0.25) is 0 Å². The lowest BCUT2D eigenvalue weighted by Gasteiger charge is -2.15. The first-order valence-electron chi connectivity index (χ1n) is 10.7. The molecule has 0 aliphatic heterocycles. The Morgan fingerprint density at radius 3 is 2.58 bits per heavy atom. The number of benzene rings is 1. The minimum Gasteiger partial charge on any atom is -0.345 e. The largest absolute Gasteiger partial charge is 0.345 e. The quantitative estimate of drug-likeness (QED) is 0.532. The number of nitrogens with zero attached hydrogens (tertiary/aromatic N) is 5. The van der Waals surface area contributed by atoms with Crippen LogP contribution in [0.2, 0.25) is 0 Å². The van der Waals surface area contributed by atoms with E-state index in [0.717, 1.165) is 52.2 Å². The van der Waals surface area contributed by atoms with Crippen molar-refractivity contribution in [3.63, 3.8) is 0 Å². The van der Waals surface area contributed by atoms with Crippen LogP contribution in [-0.2, 0) is 7.05 Å². The van der Waals surface area contributed by atoms with Gasteiger partial charge in [0.25, 0.3) is 5.91 Å². The molecule has 7 heteroatoms. The van der Waals surface area contributed by atoms with Gasteiger partial charge < -0.3 is 5.32 Å². The number of carbonyl (C=O) groups excluding carboxylic acids is 1. The number of carbonyl (C=O) groups is 1. The molecule has 1 amide bonds. The van der Waals surface area contributed by atoms with E-state index in [2.05, 4.69) is 10.4 Å². The number of rotatable bonds is 5. The summed E-state index contributed by atoms with van der Waals surface area (Å²) in [5.74, 6) is 0.314. The normalized spacial score (nSPS) is 14.7. The monoisotopic (exact) mass is 414 g/mol. The van der Waals surface area contributed by atoms with Crippen LogP contribution >= 0.6 is 0 Å². The zero-order valence-electron chi connectivity index (χ0n) is 18.3. The average Bonchev–Trinajstić information content (AvgIpc) is 3.50. The zero-order valence-corrected chi connectivity index (χ0v) is 18.3. The molecule has 3 aromatic heterocycles. The minimum atomic E-state index is -0.154. The molecule has 1 aliphatic carbocycles. The minimum absolute atomic E-state index is 0.110. The second kappa shape index (κ2) is 7.34. The molecular weight excluding hydrogens is 388 g/mol. The molecule has 3 heterocycles. The molecule has 1 aromatic carbocycles. The fraction of sp³-hybridized carbons (Fsp3) is 0.333.